The van der Waals surface area contributed by atoms with Gasteiger partial charge in [-0.1, -0.05) is 30.3 Å². The SMILES string of the molecule is CCCNC(=O)c1ccc(-n2nc(Sc3ccc(Cl)cc3)ccc2=O)cc1. The minimum Gasteiger partial charge on any atom is -0.352 e. The standard InChI is InChI=1S/C20H18ClN3O2S/c1-2-13-22-20(26)14-3-7-16(8-4-14)24-19(25)12-11-18(23-24)27-17-9-5-15(21)6-10-17/h3-12H,2,13H2,1H3,(H,22,26). The van der Waals surface area contributed by atoms with Crippen LogP contribution in [-0.2, 0) is 0 Å². The van der Waals surface area contributed by atoms with Crippen LogP contribution in [0.2, 0.25) is 5.02 Å². The van der Waals surface area contributed by atoms with E-state index in [1.165, 1.54) is 22.5 Å². The number of benzene rings is 2. The quantitative estimate of drug-likeness (QED) is 0.675. The van der Waals surface area contributed by atoms with Crippen molar-refractivity contribution in [1.29, 1.82) is 0 Å². The number of aromatic nitrogens is 2. The molecule has 138 valence electrons. The van der Waals surface area contributed by atoms with Crippen molar-refractivity contribution in [3.8, 4) is 5.69 Å². The van der Waals surface area contributed by atoms with E-state index in [0.29, 0.717) is 27.8 Å². The molecule has 27 heavy (non-hydrogen) atoms. The van der Waals surface area contributed by atoms with Crippen molar-refractivity contribution in [3.05, 3.63) is 81.6 Å². The van der Waals surface area contributed by atoms with E-state index in [9.17, 15) is 9.59 Å². The molecule has 5 nitrogen and oxygen atoms in total. The van der Waals surface area contributed by atoms with Crippen LogP contribution in [0.5, 0.6) is 0 Å². The Morgan fingerprint density at radius 3 is 2.44 bits per heavy atom. The molecule has 0 saturated carbocycles. The van der Waals surface area contributed by atoms with Gasteiger partial charge in [0.25, 0.3) is 11.5 Å². The van der Waals surface area contributed by atoms with Crippen LogP contribution in [0.25, 0.3) is 5.69 Å². The summed E-state index contributed by atoms with van der Waals surface area (Å²) in [5, 5.41) is 8.59. The normalized spacial score (nSPS) is 10.6. The molecule has 2 aromatic carbocycles. The minimum absolute atomic E-state index is 0.129. The molecular weight excluding hydrogens is 382 g/mol. The molecule has 0 unspecified atom stereocenters. The highest BCUT2D eigenvalue weighted by atomic mass is 35.5. The summed E-state index contributed by atoms with van der Waals surface area (Å²) >= 11 is 7.34. The highest BCUT2D eigenvalue weighted by Gasteiger charge is 2.08. The van der Waals surface area contributed by atoms with Crippen molar-refractivity contribution in [2.45, 2.75) is 23.3 Å². The number of nitrogens with zero attached hydrogens (tertiary/aromatic N) is 2. The van der Waals surface area contributed by atoms with Crippen molar-refractivity contribution in [2.24, 2.45) is 0 Å². The fraction of sp³-hybridized carbons (Fsp3) is 0.150. The molecule has 0 radical (unpaired) electrons. The Morgan fingerprint density at radius 2 is 1.78 bits per heavy atom. The number of halogens is 1. The van der Waals surface area contributed by atoms with Gasteiger partial charge in [-0.15, -0.1) is 0 Å². The predicted molar refractivity (Wildman–Crippen MR) is 108 cm³/mol. The van der Waals surface area contributed by atoms with E-state index in [2.05, 4.69) is 10.4 Å². The number of carbonyl (C=O) groups is 1. The third-order valence-corrected chi connectivity index (χ3v) is 4.91. The second-order valence-corrected chi connectivity index (χ2v) is 7.31. The molecule has 0 aliphatic carbocycles. The second kappa shape index (κ2) is 8.88. The first-order chi connectivity index (χ1) is 13.1. The Hall–Kier alpha value is -2.57. The summed E-state index contributed by atoms with van der Waals surface area (Å²) in [6, 6.07) is 17.4. The van der Waals surface area contributed by atoms with Crippen LogP contribution in [0.3, 0.4) is 0 Å². The van der Waals surface area contributed by atoms with Crippen LogP contribution in [0.4, 0.5) is 0 Å². The smallest absolute Gasteiger partial charge is 0.271 e. The van der Waals surface area contributed by atoms with E-state index in [-0.39, 0.29) is 11.5 Å². The summed E-state index contributed by atoms with van der Waals surface area (Å²) in [5.41, 5.74) is 0.913. The van der Waals surface area contributed by atoms with Crippen molar-refractivity contribution in [1.82, 2.24) is 15.1 Å². The minimum atomic E-state index is -0.237. The van der Waals surface area contributed by atoms with Crippen molar-refractivity contribution in [3.63, 3.8) is 0 Å². The molecule has 0 spiro atoms. The molecule has 0 saturated heterocycles. The average Bonchev–Trinajstić information content (AvgIpc) is 2.69. The maximum Gasteiger partial charge on any atom is 0.271 e. The fourth-order valence-corrected chi connectivity index (χ4v) is 3.25. The van der Waals surface area contributed by atoms with Gasteiger partial charge in [0.1, 0.15) is 5.03 Å². The lowest BCUT2D eigenvalue weighted by Crippen LogP contribution is -2.24. The zero-order valence-corrected chi connectivity index (χ0v) is 16.3. The largest absolute Gasteiger partial charge is 0.352 e. The number of carbonyl (C=O) groups excluding carboxylic acids is 1. The number of nitrogens with one attached hydrogen (secondary N) is 1. The summed E-state index contributed by atoms with van der Waals surface area (Å²) in [4.78, 5) is 25.2. The summed E-state index contributed by atoms with van der Waals surface area (Å²) < 4.78 is 1.33. The van der Waals surface area contributed by atoms with Crippen LogP contribution in [0.1, 0.15) is 23.7 Å². The van der Waals surface area contributed by atoms with Crippen LogP contribution in [-0.4, -0.2) is 22.2 Å². The van der Waals surface area contributed by atoms with Gasteiger partial charge in [-0.3, -0.25) is 9.59 Å². The first kappa shape index (κ1) is 19.2. The highest BCUT2D eigenvalue weighted by molar-refractivity contribution is 7.99. The van der Waals surface area contributed by atoms with Gasteiger partial charge in [0, 0.05) is 28.1 Å². The number of rotatable bonds is 6. The van der Waals surface area contributed by atoms with Gasteiger partial charge in [-0.05, 0) is 61.0 Å². The Labute approximate surface area is 166 Å². The Balaban J connectivity index is 1.82. The summed E-state index contributed by atoms with van der Waals surface area (Å²) in [6.07, 6.45) is 0.876. The maximum atomic E-state index is 12.2. The molecule has 0 bridgehead atoms. The fourth-order valence-electron chi connectivity index (χ4n) is 2.35. The number of hydrogen-bond acceptors (Lipinski definition) is 4. The third-order valence-electron chi connectivity index (χ3n) is 3.72. The van der Waals surface area contributed by atoms with Gasteiger partial charge in [0.15, 0.2) is 0 Å². The molecule has 0 atom stereocenters. The third kappa shape index (κ3) is 4.99. The Bertz CT molecular complexity index is 985. The van der Waals surface area contributed by atoms with E-state index < -0.39 is 0 Å². The monoisotopic (exact) mass is 399 g/mol. The summed E-state index contributed by atoms with van der Waals surface area (Å²) in [6.45, 7) is 2.63. The topological polar surface area (TPSA) is 64.0 Å². The first-order valence-electron chi connectivity index (χ1n) is 8.49. The maximum absolute atomic E-state index is 12.2. The molecular formula is C20H18ClN3O2S. The van der Waals surface area contributed by atoms with E-state index in [0.717, 1.165) is 11.3 Å². The van der Waals surface area contributed by atoms with Crippen LogP contribution in [0.15, 0.2) is 75.4 Å². The van der Waals surface area contributed by atoms with Gasteiger partial charge in [-0.25, -0.2) is 0 Å². The van der Waals surface area contributed by atoms with Gasteiger partial charge in [0.05, 0.1) is 5.69 Å². The molecule has 7 heteroatoms. The van der Waals surface area contributed by atoms with Crippen molar-refractivity contribution < 1.29 is 4.79 Å². The van der Waals surface area contributed by atoms with Gasteiger partial charge in [0.2, 0.25) is 0 Å². The lowest BCUT2D eigenvalue weighted by atomic mass is 10.2. The zero-order valence-electron chi connectivity index (χ0n) is 14.7. The summed E-state index contributed by atoms with van der Waals surface area (Å²) in [7, 11) is 0. The lowest BCUT2D eigenvalue weighted by molar-refractivity contribution is 0.0953. The predicted octanol–water partition coefficient (Wildman–Crippen LogP) is 4.18. The average molecular weight is 400 g/mol. The van der Waals surface area contributed by atoms with Gasteiger partial charge < -0.3 is 5.32 Å². The summed E-state index contributed by atoms with van der Waals surface area (Å²) in [5.74, 6) is -0.129. The second-order valence-electron chi connectivity index (χ2n) is 5.78. The van der Waals surface area contributed by atoms with E-state index >= 15 is 0 Å². The molecule has 3 rings (SSSR count). The Morgan fingerprint density at radius 1 is 1.07 bits per heavy atom. The van der Waals surface area contributed by atoms with Crippen LogP contribution >= 0.6 is 23.4 Å². The molecule has 0 aliphatic heterocycles. The Kier molecular flexibility index (Phi) is 6.32. The van der Waals surface area contributed by atoms with E-state index in [1.54, 1.807) is 30.3 Å². The molecule has 0 fully saturated rings. The number of hydrogen-bond donors (Lipinski definition) is 1. The van der Waals surface area contributed by atoms with E-state index in [4.69, 9.17) is 11.6 Å². The van der Waals surface area contributed by atoms with E-state index in [1.807, 2.05) is 31.2 Å². The van der Waals surface area contributed by atoms with Crippen molar-refractivity contribution >= 4 is 29.3 Å². The zero-order chi connectivity index (χ0) is 19.2. The molecule has 1 amide bonds. The van der Waals surface area contributed by atoms with Gasteiger partial charge >= 0.3 is 0 Å². The highest BCUT2D eigenvalue weighted by Crippen LogP contribution is 2.26. The van der Waals surface area contributed by atoms with Crippen molar-refractivity contribution in [2.75, 3.05) is 6.54 Å². The lowest BCUT2D eigenvalue weighted by Gasteiger charge is -2.08. The molecule has 1 heterocycles. The van der Waals surface area contributed by atoms with Crippen LogP contribution < -0.4 is 10.9 Å². The molecule has 1 aromatic heterocycles. The van der Waals surface area contributed by atoms with Gasteiger partial charge in [-0.2, -0.15) is 9.78 Å². The molecule has 0 aliphatic rings. The molecule has 3 aromatic rings. The molecule has 1 N–H and O–H groups in total. The first-order valence-corrected chi connectivity index (χ1v) is 9.68. The number of amides is 1. The van der Waals surface area contributed by atoms with Crippen LogP contribution in [0, 0.1) is 0 Å².